The van der Waals surface area contributed by atoms with Gasteiger partial charge in [0.2, 0.25) is 5.91 Å². The monoisotopic (exact) mass is 386 g/mol. The molecule has 152 valence electrons. The van der Waals surface area contributed by atoms with Crippen LogP contribution >= 0.6 is 0 Å². The number of aryl methyl sites for hydroxylation is 2. The van der Waals surface area contributed by atoms with E-state index in [0.717, 1.165) is 35.6 Å². The van der Waals surface area contributed by atoms with Crippen molar-refractivity contribution in [1.82, 2.24) is 19.8 Å². The van der Waals surface area contributed by atoms with Crippen LogP contribution in [0.5, 0.6) is 0 Å². The van der Waals surface area contributed by atoms with Crippen LogP contribution in [0.3, 0.4) is 0 Å². The summed E-state index contributed by atoms with van der Waals surface area (Å²) in [5.74, 6) is 0.926. The van der Waals surface area contributed by atoms with Crippen LogP contribution in [0.1, 0.15) is 68.8 Å². The molecule has 1 aliphatic rings. The van der Waals surface area contributed by atoms with Gasteiger partial charge in [0.25, 0.3) is 5.56 Å². The molecule has 1 fully saturated rings. The number of hydrogen-bond donors (Lipinski definition) is 0. The Labute approximate surface area is 165 Å². The highest BCUT2D eigenvalue weighted by Gasteiger charge is 2.26. The molecule has 1 aliphatic heterocycles. The maximum atomic E-state index is 12.6. The van der Waals surface area contributed by atoms with Crippen LogP contribution in [0, 0.1) is 13.8 Å². The number of nitrogens with zero attached hydrogens (tertiary/aromatic N) is 4. The van der Waals surface area contributed by atoms with Crippen LogP contribution in [-0.4, -0.2) is 38.8 Å². The van der Waals surface area contributed by atoms with Crippen molar-refractivity contribution in [3.63, 3.8) is 0 Å². The number of hydrogen-bond acceptors (Lipinski definition) is 5. The van der Waals surface area contributed by atoms with Crippen molar-refractivity contribution in [3.8, 4) is 0 Å². The second-order valence-corrected chi connectivity index (χ2v) is 8.67. The minimum atomic E-state index is -0.107. The zero-order valence-electron chi connectivity index (χ0n) is 17.5. The molecule has 0 atom stereocenters. The highest BCUT2D eigenvalue weighted by atomic mass is 16.5. The number of aromatic nitrogens is 3. The summed E-state index contributed by atoms with van der Waals surface area (Å²) >= 11 is 0. The third-order valence-electron chi connectivity index (χ3n) is 5.53. The minimum absolute atomic E-state index is 0.0430. The van der Waals surface area contributed by atoms with Crippen LogP contribution in [0.25, 0.3) is 0 Å². The molecule has 0 aliphatic carbocycles. The predicted octanol–water partition coefficient (Wildman–Crippen LogP) is 2.94. The molecule has 0 unspecified atom stereocenters. The number of amides is 1. The fourth-order valence-corrected chi connectivity index (χ4v) is 3.70. The Kier molecular flexibility index (Phi) is 5.72. The third kappa shape index (κ3) is 4.34. The fraction of sp³-hybridized carbons (Fsp3) is 0.619. The number of piperidine rings is 1. The van der Waals surface area contributed by atoms with Gasteiger partial charge in [0.05, 0.1) is 17.4 Å². The van der Waals surface area contributed by atoms with Crippen molar-refractivity contribution >= 4 is 5.91 Å². The molecule has 2 aromatic rings. The summed E-state index contributed by atoms with van der Waals surface area (Å²) in [7, 11) is 0. The predicted molar refractivity (Wildman–Crippen MR) is 106 cm³/mol. The van der Waals surface area contributed by atoms with Crippen LogP contribution in [0.4, 0.5) is 0 Å². The molecule has 0 aromatic carbocycles. The molecule has 0 N–H and O–H groups in total. The summed E-state index contributed by atoms with van der Waals surface area (Å²) in [6.45, 7) is 11.3. The molecule has 7 heteroatoms. The Hall–Kier alpha value is -2.44. The molecule has 0 radical (unpaired) electrons. The molecule has 7 nitrogen and oxygen atoms in total. The largest absolute Gasteiger partial charge is 0.361 e. The van der Waals surface area contributed by atoms with E-state index >= 15 is 0 Å². The first-order valence-electron chi connectivity index (χ1n) is 9.96. The highest BCUT2D eigenvalue weighted by Crippen LogP contribution is 2.24. The topological polar surface area (TPSA) is 81.2 Å². The molecule has 3 rings (SSSR count). The second kappa shape index (κ2) is 7.89. The van der Waals surface area contributed by atoms with Gasteiger partial charge < -0.3 is 9.42 Å². The van der Waals surface area contributed by atoms with Gasteiger partial charge in [0, 0.05) is 36.6 Å². The first-order chi connectivity index (χ1) is 13.2. The third-order valence-corrected chi connectivity index (χ3v) is 5.53. The Morgan fingerprint density at radius 1 is 1.21 bits per heavy atom. The van der Waals surface area contributed by atoms with Crippen molar-refractivity contribution < 1.29 is 9.32 Å². The lowest BCUT2D eigenvalue weighted by Crippen LogP contribution is -2.41. The second-order valence-electron chi connectivity index (χ2n) is 8.67. The van der Waals surface area contributed by atoms with E-state index < -0.39 is 0 Å². The number of carbonyl (C=O) groups is 1. The number of carbonyl (C=O) groups excluding carboxylic acids is 1. The Balaban J connectivity index is 1.60. The van der Waals surface area contributed by atoms with Gasteiger partial charge >= 0.3 is 0 Å². The minimum Gasteiger partial charge on any atom is -0.361 e. The first kappa shape index (κ1) is 20.3. The van der Waals surface area contributed by atoms with E-state index in [2.05, 4.69) is 31.0 Å². The number of likely N-dealkylation sites (tertiary alicyclic amines) is 1. The molecule has 0 bridgehead atoms. The molecule has 1 amide bonds. The van der Waals surface area contributed by atoms with E-state index in [1.807, 2.05) is 24.8 Å². The summed E-state index contributed by atoms with van der Waals surface area (Å²) in [4.78, 5) is 26.8. The Bertz CT molecular complexity index is 880. The molecule has 3 heterocycles. The fourth-order valence-electron chi connectivity index (χ4n) is 3.70. The van der Waals surface area contributed by atoms with Crippen LogP contribution in [0.2, 0.25) is 0 Å². The zero-order chi connectivity index (χ0) is 20.5. The lowest BCUT2D eigenvalue weighted by atomic mass is 9.92. The van der Waals surface area contributed by atoms with E-state index in [9.17, 15) is 9.59 Å². The highest BCUT2D eigenvalue weighted by molar-refractivity contribution is 5.76. The SMILES string of the molecule is Cc1noc(C)c1CCC(=O)N1CCC(n2nc(C(C)(C)C)ccc2=O)CC1. The van der Waals surface area contributed by atoms with E-state index in [-0.39, 0.29) is 22.9 Å². The van der Waals surface area contributed by atoms with Gasteiger partial charge in [-0.1, -0.05) is 25.9 Å². The molecule has 0 saturated carbocycles. The smallest absolute Gasteiger partial charge is 0.267 e. The summed E-state index contributed by atoms with van der Waals surface area (Å²) in [6.07, 6.45) is 2.59. The van der Waals surface area contributed by atoms with Crippen molar-refractivity contribution in [2.75, 3.05) is 13.1 Å². The Morgan fingerprint density at radius 3 is 2.46 bits per heavy atom. The average Bonchev–Trinajstić information content (AvgIpc) is 2.97. The van der Waals surface area contributed by atoms with Gasteiger partial charge in [-0.2, -0.15) is 5.10 Å². The van der Waals surface area contributed by atoms with Gasteiger partial charge in [-0.05, 0) is 39.2 Å². The molecular weight excluding hydrogens is 356 g/mol. The van der Waals surface area contributed by atoms with E-state index in [1.54, 1.807) is 10.7 Å². The molecule has 0 spiro atoms. The maximum Gasteiger partial charge on any atom is 0.267 e. The van der Waals surface area contributed by atoms with Crippen molar-refractivity contribution in [2.45, 2.75) is 71.8 Å². The van der Waals surface area contributed by atoms with Crippen LogP contribution in [0.15, 0.2) is 21.5 Å². The summed E-state index contributed by atoms with van der Waals surface area (Å²) in [5.41, 5.74) is 2.61. The van der Waals surface area contributed by atoms with Crippen LogP contribution < -0.4 is 5.56 Å². The van der Waals surface area contributed by atoms with Gasteiger partial charge in [-0.15, -0.1) is 0 Å². The molecular formula is C21H30N4O3. The standard InChI is InChI=1S/C21H30N4O3/c1-14-17(15(2)28-23-14)6-8-19(26)24-12-10-16(11-13-24)25-20(27)9-7-18(22-25)21(3,4)5/h7,9,16H,6,8,10-13H2,1-5H3. The first-order valence-corrected chi connectivity index (χ1v) is 9.96. The normalized spacial score (nSPS) is 15.8. The zero-order valence-corrected chi connectivity index (χ0v) is 17.5. The van der Waals surface area contributed by atoms with E-state index in [1.165, 1.54) is 0 Å². The molecule has 2 aromatic heterocycles. The average molecular weight is 386 g/mol. The summed E-state index contributed by atoms with van der Waals surface area (Å²) in [5, 5.41) is 8.55. The Morgan fingerprint density at radius 2 is 1.89 bits per heavy atom. The maximum absolute atomic E-state index is 12.6. The molecule has 28 heavy (non-hydrogen) atoms. The summed E-state index contributed by atoms with van der Waals surface area (Å²) < 4.78 is 6.78. The lowest BCUT2D eigenvalue weighted by Gasteiger charge is -2.33. The van der Waals surface area contributed by atoms with Gasteiger partial charge in [-0.3, -0.25) is 9.59 Å². The van der Waals surface area contributed by atoms with Gasteiger partial charge in [0.1, 0.15) is 5.76 Å². The van der Waals surface area contributed by atoms with Crippen molar-refractivity contribution in [2.24, 2.45) is 0 Å². The van der Waals surface area contributed by atoms with E-state index in [0.29, 0.717) is 25.9 Å². The molecule has 1 saturated heterocycles. The summed E-state index contributed by atoms with van der Waals surface area (Å²) in [6, 6.07) is 3.46. The van der Waals surface area contributed by atoms with Crippen molar-refractivity contribution in [3.05, 3.63) is 45.2 Å². The quantitative estimate of drug-likeness (QED) is 0.807. The lowest BCUT2D eigenvalue weighted by molar-refractivity contribution is -0.132. The van der Waals surface area contributed by atoms with Gasteiger partial charge in [-0.25, -0.2) is 4.68 Å². The number of rotatable bonds is 4. The van der Waals surface area contributed by atoms with E-state index in [4.69, 9.17) is 4.52 Å². The van der Waals surface area contributed by atoms with Gasteiger partial charge in [0.15, 0.2) is 0 Å². The van der Waals surface area contributed by atoms with Crippen molar-refractivity contribution in [1.29, 1.82) is 0 Å². The van der Waals surface area contributed by atoms with Crippen LogP contribution in [-0.2, 0) is 16.6 Å².